The number of para-hydroxylation sites is 2. The van der Waals surface area contributed by atoms with Gasteiger partial charge >= 0.3 is 0 Å². The smallest absolute Gasteiger partial charge is 0.292 e. The Bertz CT molecular complexity index is 662. The van der Waals surface area contributed by atoms with Gasteiger partial charge in [0.15, 0.2) is 0 Å². The molecule has 0 spiro atoms. The first-order valence-electron chi connectivity index (χ1n) is 8.32. The predicted octanol–water partition coefficient (Wildman–Crippen LogP) is 1.70. The van der Waals surface area contributed by atoms with Crippen molar-refractivity contribution in [2.75, 3.05) is 38.0 Å². The molecule has 1 atom stereocenters. The third-order valence-corrected chi connectivity index (χ3v) is 4.35. The number of rotatable bonds is 6. The number of nitrogens with zero attached hydrogens (tertiary/aromatic N) is 4. The fourth-order valence-corrected chi connectivity index (χ4v) is 2.97. The molecular formula is C17H23N5O3. The summed E-state index contributed by atoms with van der Waals surface area (Å²) in [7, 11) is 0. The van der Waals surface area contributed by atoms with E-state index in [1.165, 1.54) is 6.07 Å². The number of benzene rings is 1. The van der Waals surface area contributed by atoms with Crippen LogP contribution in [0.15, 0.2) is 24.3 Å². The average molecular weight is 345 g/mol. The van der Waals surface area contributed by atoms with E-state index in [0.717, 1.165) is 0 Å². The van der Waals surface area contributed by atoms with E-state index in [9.17, 15) is 20.2 Å². The molecule has 0 radical (unpaired) electrons. The van der Waals surface area contributed by atoms with E-state index in [2.05, 4.69) is 16.3 Å². The van der Waals surface area contributed by atoms with E-state index in [-0.39, 0.29) is 30.1 Å². The van der Waals surface area contributed by atoms with Crippen molar-refractivity contribution in [2.45, 2.75) is 19.9 Å². The summed E-state index contributed by atoms with van der Waals surface area (Å²) in [6, 6.07) is 8.45. The molecule has 0 saturated carbocycles. The van der Waals surface area contributed by atoms with Crippen LogP contribution in [0, 0.1) is 27.4 Å². The third-order valence-electron chi connectivity index (χ3n) is 4.35. The van der Waals surface area contributed by atoms with Crippen molar-refractivity contribution < 1.29 is 9.72 Å². The zero-order chi connectivity index (χ0) is 18.4. The van der Waals surface area contributed by atoms with Crippen LogP contribution in [0.25, 0.3) is 0 Å². The maximum atomic E-state index is 12.3. The number of carbonyl (C=O) groups is 1. The van der Waals surface area contributed by atoms with Crippen LogP contribution in [-0.4, -0.2) is 59.4 Å². The van der Waals surface area contributed by atoms with Crippen molar-refractivity contribution in [1.82, 2.24) is 9.80 Å². The van der Waals surface area contributed by atoms with Gasteiger partial charge in [0.2, 0.25) is 5.91 Å². The standard InChI is InChI=1S/C17H23N5O3/c1-13(2)16(11-18)20-7-9-21(10-8-20)17(23)12-19-14-5-3-4-6-15(14)22(24)25/h3-6,13,16,19H,7-10,12H2,1-2H3. The Morgan fingerprint density at radius 1 is 1.32 bits per heavy atom. The lowest BCUT2D eigenvalue weighted by Crippen LogP contribution is -2.53. The maximum absolute atomic E-state index is 12.3. The van der Waals surface area contributed by atoms with Crippen LogP contribution >= 0.6 is 0 Å². The third kappa shape index (κ3) is 4.67. The van der Waals surface area contributed by atoms with Crippen molar-refractivity contribution in [3.63, 3.8) is 0 Å². The molecule has 1 amide bonds. The van der Waals surface area contributed by atoms with Gasteiger partial charge < -0.3 is 10.2 Å². The lowest BCUT2D eigenvalue weighted by atomic mass is 10.0. The summed E-state index contributed by atoms with van der Waals surface area (Å²) in [6.07, 6.45) is 0. The molecule has 134 valence electrons. The van der Waals surface area contributed by atoms with Crippen LogP contribution in [0.2, 0.25) is 0 Å². The maximum Gasteiger partial charge on any atom is 0.292 e. The number of anilines is 1. The van der Waals surface area contributed by atoms with Gasteiger partial charge in [-0.2, -0.15) is 5.26 Å². The molecule has 1 N–H and O–H groups in total. The highest BCUT2D eigenvalue weighted by Crippen LogP contribution is 2.23. The molecule has 1 fully saturated rings. The van der Waals surface area contributed by atoms with Gasteiger partial charge in [0.1, 0.15) is 11.7 Å². The molecule has 8 heteroatoms. The van der Waals surface area contributed by atoms with E-state index in [4.69, 9.17) is 0 Å². The van der Waals surface area contributed by atoms with Crippen LogP contribution in [0.1, 0.15) is 13.8 Å². The monoisotopic (exact) mass is 345 g/mol. The highest BCUT2D eigenvalue weighted by Gasteiger charge is 2.27. The molecule has 0 aliphatic carbocycles. The molecule has 1 aliphatic rings. The lowest BCUT2D eigenvalue weighted by Gasteiger charge is -2.38. The minimum absolute atomic E-state index is 0.0106. The molecule has 8 nitrogen and oxygen atoms in total. The number of nitro benzene ring substituents is 1. The minimum atomic E-state index is -0.473. The lowest BCUT2D eigenvalue weighted by molar-refractivity contribution is -0.383. The Morgan fingerprint density at radius 3 is 2.52 bits per heavy atom. The quantitative estimate of drug-likeness (QED) is 0.622. The van der Waals surface area contributed by atoms with Crippen molar-refractivity contribution in [3.8, 4) is 6.07 Å². The number of nitrogens with one attached hydrogen (secondary N) is 1. The molecule has 0 bridgehead atoms. The second-order valence-electron chi connectivity index (χ2n) is 6.36. The van der Waals surface area contributed by atoms with Crippen molar-refractivity contribution in [3.05, 3.63) is 34.4 Å². The Morgan fingerprint density at radius 2 is 1.96 bits per heavy atom. The largest absolute Gasteiger partial charge is 0.371 e. The summed E-state index contributed by atoms with van der Waals surface area (Å²) in [6.45, 7) is 6.48. The van der Waals surface area contributed by atoms with Crippen LogP contribution in [-0.2, 0) is 4.79 Å². The normalized spacial score (nSPS) is 16.3. The van der Waals surface area contributed by atoms with Gasteiger partial charge in [0.25, 0.3) is 5.69 Å². The number of piperazine rings is 1. The number of hydrogen-bond acceptors (Lipinski definition) is 6. The summed E-state index contributed by atoms with van der Waals surface area (Å²) in [5.41, 5.74) is 0.290. The number of hydrogen-bond donors (Lipinski definition) is 1. The van der Waals surface area contributed by atoms with Crippen LogP contribution in [0.3, 0.4) is 0 Å². The van der Waals surface area contributed by atoms with Gasteiger partial charge in [-0.3, -0.25) is 19.8 Å². The highest BCUT2D eigenvalue weighted by atomic mass is 16.6. The zero-order valence-corrected chi connectivity index (χ0v) is 14.5. The summed E-state index contributed by atoms with van der Waals surface area (Å²) in [5.74, 6) is 0.142. The van der Waals surface area contributed by atoms with Gasteiger partial charge in [0, 0.05) is 32.2 Å². The van der Waals surface area contributed by atoms with Crippen LogP contribution < -0.4 is 5.32 Å². The first-order valence-corrected chi connectivity index (χ1v) is 8.32. The summed E-state index contributed by atoms with van der Waals surface area (Å²) in [4.78, 5) is 26.7. The van der Waals surface area contributed by atoms with E-state index in [0.29, 0.717) is 31.9 Å². The Kier molecular flexibility index (Phi) is 6.31. The predicted molar refractivity (Wildman–Crippen MR) is 94.0 cm³/mol. The summed E-state index contributed by atoms with van der Waals surface area (Å²) < 4.78 is 0. The average Bonchev–Trinajstić information content (AvgIpc) is 2.60. The summed E-state index contributed by atoms with van der Waals surface area (Å²) >= 11 is 0. The molecule has 1 aliphatic heterocycles. The van der Waals surface area contributed by atoms with E-state index < -0.39 is 4.92 Å². The number of nitriles is 1. The van der Waals surface area contributed by atoms with Crippen LogP contribution in [0.4, 0.5) is 11.4 Å². The van der Waals surface area contributed by atoms with Gasteiger partial charge in [-0.15, -0.1) is 0 Å². The molecule has 0 aromatic heterocycles. The highest BCUT2D eigenvalue weighted by molar-refractivity contribution is 5.82. The minimum Gasteiger partial charge on any atom is -0.371 e. The Hall–Kier alpha value is -2.66. The van der Waals surface area contributed by atoms with Crippen molar-refractivity contribution in [1.29, 1.82) is 5.26 Å². The molecule has 1 saturated heterocycles. The van der Waals surface area contributed by atoms with Gasteiger partial charge in [-0.05, 0) is 12.0 Å². The fourth-order valence-electron chi connectivity index (χ4n) is 2.97. The zero-order valence-electron chi connectivity index (χ0n) is 14.5. The Balaban J connectivity index is 1.88. The van der Waals surface area contributed by atoms with Crippen LogP contribution in [0.5, 0.6) is 0 Å². The first kappa shape index (κ1) is 18.7. The van der Waals surface area contributed by atoms with Crippen molar-refractivity contribution in [2.24, 2.45) is 5.92 Å². The van der Waals surface area contributed by atoms with E-state index >= 15 is 0 Å². The van der Waals surface area contributed by atoms with Gasteiger partial charge in [-0.25, -0.2) is 0 Å². The van der Waals surface area contributed by atoms with Crippen molar-refractivity contribution >= 4 is 17.3 Å². The number of nitro groups is 1. The fraction of sp³-hybridized carbons (Fsp3) is 0.529. The molecule has 1 heterocycles. The second kappa shape index (κ2) is 8.44. The molecule has 1 aromatic rings. The molecule has 2 rings (SSSR count). The van der Waals surface area contributed by atoms with E-state index in [1.807, 2.05) is 13.8 Å². The number of amides is 1. The molecule has 1 aromatic carbocycles. The molecule has 25 heavy (non-hydrogen) atoms. The molecular weight excluding hydrogens is 322 g/mol. The second-order valence-corrected chi connectivity index (χ2v) is 6.36. The SMILES string of the molecule is CC(C)C(C#N)N1CCN(C(=O)CNc2ccccc2[N+](=O)[O-])CC1. The van der Waals surface area contributed by atoms with E-state index in [1.54, 1.807) is 23.1 Å². The first-order chi connectivity index (χ1) is 11.9. The topological polar surface area (TPSA) is 103 Å². The van der Waals surface area contributed by atoms with Gasteiger partial charge in [0.05, 0.1) is 17.5 Å². The molecule has 1 unspecified atom stereocenters. The Labute approximate surface area is 147 Å². The number of carbonyl (C=O) groups excluding carboxylic acids is 1. The summed E-state index contributed by atoms with van der Waals surface area (Å²) in [5, 5.41) is 23.1. The van der Waals surface area contributed by atoms with Gasteiger partial charge in [-0.1, -0.05) is 26.0 Å².